The van der Waals surface area contributed by atoms with E-state index in [9.17, 15) is 4.79 Å². The van der Waals surface area contributed by atoms with Crippen molar-refractivity contribution in [3.8, 4) is 11.3 Å². The van der Waals surface area contributed by atoms with Crippen LogP contribution >= 0.6 is 27.3 Å². The molecule has 0 bridgehead atoms. The SMILES string of the molecule is CCOC(=O)c1nc(-c2ccccc2Br)cs1. The van der Waals surface area contributed by atoms with Crippen molar-refractivity contribution in [1.82, 2.24) is 4.98 Å². The molecule has 0 fully saturated rings. The zero-order valence-electron chi connectivity index (χ0n) is 9.14. The number of carbonyl (C=O) groups is 1. The Morgan fingerprint density at radius 2 is 2.24 bits per heavy atom. The van der Waals surface area contributed by atoms with Gasteiger partial charge in [0, 0.05) is 15.4 Å². The minimum absolute atomic E-state index is 0.364. The Kier molecular flexibility index (Phi) is 3.91. The summed E-state index contributed by atoms with van der Waals surface area (Å²) in [5.41, 5.74) is 1.75. The van der Waals surface area contributed by atoms with E-state index in [-0.39, 0.29) is 5.97 Å². The van der Waals surface area contributed by atoms with Gasteiger partial charge >= 0.3 is 5.97 Å². The van der Waals surface area contributed by atoms with Gasteiger partial charge in [0.05, 0.1) is 12.3 Å². The molecule has 5 heteroatoms. The summed E-state index contributed by atoms with van der Waals surface area (Å²) in [6, 6.07) is 7.77. The van der Waals surface area contributed by atoms with Crippen molar-refractivity contribution in [2.75, 3.05) is 6.61 Å². The molecule has 0 aliphatic heterocycles. The van der Waals surface area contributed by atoms with Gasteiger partial charge in [-0.2, -0.15) is 0 Å². The predicted molar refractivity (Wildman–Crippen MR) is 71.2 cm³/mol. The van der Waals surface area contributed by atoms with Gasteiger partial charge in [0.15, 0.2) is 0 Å². The van der Waals surface area contributed by atoms with Crippen molar-refractivity contribution in [1.29, 1.82) is 0 Å². The molecule has 1 heterocycles. The smallest absolute Gasteiger partial charge is 0.367 e. The van der Waals surface area contributed by atoms with Crippen molar-refractivity contribution in [2.24, 2.45) is 0 Å². The van der Waals surface area contributed by atoms with Crippen LogP contribution in [0.25, 0.3) is 11.3 Å². The first-order valence-electron chi connectivity index (χ1n) is 5.10. The number of nitrogens with zero attached hydrogens (tertiary/aromatic N) is 1. The lowest BCUT2D eigenvalue weighted by atomic mass is 10.2. The summed E-state index contributed by atoms with van der Waals surface area (Å²) >= 11 is 4.75. The molecule has 0 saturated heterocycles. The van der Waals surface area contributed by atoms with E-state index in [0.29, 0.717) is 11.6 Å². The number of carbonyl (C=O) groups excluding carboxylic acids is 1. The van der Waals surface area contributed by atoms with E-state index < -0.39 is 0 Å². The minimum atomic E-state index is -0.365. The third kappa shape index (κ3) is 2.73. The van der Waals surface area contributed by atoms with Crippen molar-refractivity contribution < 1.29 is 9.53 Å². The summed E-state index contributed by atoms with van der Waals surface area (Å²) < 4.78 is 5.86. The summed E-state index contributed by atoms with van der Waals surface area (Å²) in [4.78, 5) is 15.8. The first kappa shape index (κ1) is 12.3. The van der Waals surface area contributed by atoms with Crippen LogP contribution in [-0.4, -0.2) is 17.6 Å². The van der Waals surface area contributed by atoms with E-state index in [4.69, 9.17) is 4.74 Å². The summed E-state index contributed by atoms with van der Waals surface area (Å²) in [6.07, 6.45) is 0. The second kappa shape index (κ2) is 5.42. The number of aromatic nitrogens is 1. The molecule has 3 nitrogen and oxygen atoms in total. The Bertz CT molecular complexity index is 539. The van der Waals surface area contributed by atoms with E-state index >= 15 is 0 Å². The van der Waals surface area contributed by atoms with Gasteiger partial charge in [-0.1, -0.05) is 34.1 Å². The lowest BCUT2D eigenvalue weighted by Crippen LogP contribution is -2.03. The van der Waals surface area contributed by atoms with E-state index in [1.807, 2.05) is 29.6 Å². The second-order valence-electron chi connectivity index (χ2n) is 3.24. The lowest BCUT2D eigenvalue weighted by molar-refractivity contribution is 0.0526. The highest BCUT2D eigenvalue weighted by Crippen LogP contribution is 2.28. The molecule has 2 rings (SSSR count). The normalized spacial score (nSPS) is 10.2. The van der Waals surface area contributed by atoms with Crippen molar-refractivity contribution in [3.05, 3.63) is 39.1 Å². The third-order valence-electron chi connectivity index (χ3n) is 2.10. The highest BCUT2D eigenvalue weighted by Gasteiger charge is 2.13. The number of hydrogen-bond donors (Lipinski definition) is 0. The van der Waals surface area contributed by atoms with Crippen LogP contribution < -0.4 is 0 Å². The zero-order valence-corrected chi connectivity index (χ0v) is 11.5. The Balaban J connectivity index is 2.30. The van der Waals surface area contributed by atoms with E-state index in [1.54, 1.807) is 6.92 Å². The Morgan fingerprint density at radius 1 is 1.47 bits per heavy atom. The van der Waals surface area contributed by atoms with E-state index in [0.717, 1.165) is 15.7 Å². The number of esters is 1. The van der Waals surface area contributed by atoms with Gasteiger partial charge in [-0.05, 0) is 13.0 Å². The van der Waals surface area contributed by atoms with Crippen LogP contribution in [0.2, 0.25) is 0 Å². The number of rotatable bonds is 3. The molecule has 17 heavy (non-hydrogen) atoms. The Hall–Kier alpha value is -1.20. The van der Waals surface area contributed by atoms with Crippen LogP contribution in [0.4, 0.5) is 0 Å². The molecule has 1 aromatic carbocycles. The van der Waals surface area contributed by atoms with Crippen LogP contribution in [0.3, 0.4) is 0 Å². The molecule has 1 aromatic heterocycles. The molecule has 0 atom stereocenters. The highest BCUT2D eigenvalue weighted by atomic mass is 79.9. The molecule has 2 aromatic rings. The first-order chi connectivity index (χ1) is 8.22. The molecule has 0 spiro atoms. The summed E-state index contributed by atoms with van der Waals surface area (Å²) in [6.45, 7) is 2.14. The van der Waals surface area contributed by atoms with Crippen LogP contribution in [0.15, 0.2) is 34.1 Å². The average Bonchev–Trinajstić information content (AvgIpc) is 2.79. The minimum Gasteiger partial charge on any atom is -0.461 e. The molecule has 88 valence electrons. The number of benzene rings is 1. The summed E-state index contributed by atoms with van der Waals surface area (Å²) in [7, 11) is 0. The average molecular weight is 312 g/mol. The van der Waals surface area contributed by atoms with Gasteiger partial charge in [-0.25, -0.2) is 9.78 Å². The highest BCUT2D eigenvalue weighted by molar-refractivity contribution is 9.10. The number of thiazole rings is 1. The quantitative estimate of drug-likeness (QED) is 0.810. The Morgan fingerprint density at radius 3 is 2.94 bits per heavy atom. The van der Waals surface area contributed by atoms with Crippen molar-refractivity contribution in [3.63, 3.8) is 0 Å². The monoisotopic (exact) mass is 311 g/mol. The summed E-state index contributed by atoms with van der Waals surface area (Å²) in [5.74, 6) is -0.365. The van der Waals surface area contributed by atoms with Gasteiger partial charge in [0.25, 0.3) is 0 Å². The number of ether oxygens (including phenoxy) is 1. The molecule has 0 amide bonds. The molecule has 0 N–H and O–H groups in total. The van der Waals surface area contributed by atoms with Crippen LogP contribution in [0.5, 0.6) is 0 Å². The van der Waals surface area contributed by atoms with E-state index in [1.165, 1.54) is 11.3 Å². The maximum atomic E-state index is 11.5. The fourth-order valence-corrected chi connectivity index (χ4v) is 2.55. The topological polar surface area (TPSA) is 39.2 Å². The number of hydrogen-bond acceptors (Lipinski definition) is 4. The summed E-state index contributed by atoms with van der Waals surface area (Å²) in [5, 5.41) is 2.24. The van der Waals surface area contributed by atoms with Crippen LogP contribution in [-0.2, 0) is 4.74 Å². The van der Waals surface area contributed by atoms with Gasteiger partial charge in [-0.3, -0.25) is 0 Å². The van der Waals surface area contributed by atoms with Crippen LogP contribution in [0.1, 0.15) is 16.7 Å². The van der Waals surface area contributed by atoms with Gasteiger partial charge in [-0.15, -0.1) is 11.3 Å². The maximum Gasteiger partial charge on any atom is 0.367 e. The number of halogens is 1. The lowest BCUT2D eigenvalue weighted by Gasteiger charge is -1.99. The fraction of sp³-hybridized carbons (Fsp3) is 0.167. The molecule has 0 unspecified atom stereocenters. The molecule has 0 radical (unpaired) electrons. The largest absolute Gasteiger partial charge is 0.461 e. The zero-order chi connectivity index (χ0) is 12.3. The molecule has 0 aliphatic carbocycles. The second-order valence-corrected chi connectivity index (χ2v) is 4.95. The Labute approximate surface area is 112 Å². The van der Waals surface area contributed by atoms with Crippen molar-refractivity contribution >= 4 is 33.2 Å². The van der Waals surface area contributed by atoms with Gasteiger partial charge in [0.2, 0.25) is 5.01 Å². The first-order valence-corrected chi connectivity index (χ1v) is 6.77. The fourth-order valence-electron chi connectivity index (χ4n) is 1.35. The molecular weight excluding hydrogens is 302 g/mol. The van der Waals surface area contributed by atoms with Gasteiger partial charge < -0.3 is 4.74 Å². The standard InChI is InChI=1S/C12H10BrNO2S/c1-2-16-12(15)11-14-10(7-17-11)8-5-3-4-6-9(8)13/h3-7H,2H2,1H3. The maximum absolute atomic E-state index is 11.5. The van der Waals surface area contributed by atoms with Gasteiger partial charge in [0.1, 0.15) is 0 Å². The van der Waals surface area contributed by atoms with Crippen molar-refractivity contribution in [2.45, 2.75) is 6.92 Å². The van der Waals surface area contributed by atoms with E-state index in [2.05, 4.69) is 20.9 Å². The molecule has 0 saturated carbocycles. The van der Waals surface area contributed by atoms with Crippen LogP contribution in [0, 0.1) is 0 Å². The third-order valence-corrected chi connectivity index (χ3v) is 3.62. The molecule has 0 aliphatic rings. The molecular formula is C12H10BrNO2S. The predicted octanol–water partition coefficient (Wildman–Crippen LogP) is 3.75.